The van der Waals surface area contributed by atoms with E-state index in [-0.39, 0.29) is 31.1 Å². The molecule has 0 saturated carbocycles. The molecule has 0 aliphatic carbocycles. The zero-order valence-electron chi connectivity index (χ0n) is 23.4. The van der Waals surface area contributed by atoms with E-state index in [0.717, 1.165) is 30.0 Å². The molecule has 2 aliphatic heterocycles. The van der Waals surface area contributed by atoms with E-state index < -0.39 is 64.3 Å². The summed E-state index contributed by atoms with van der Waals surface area (Å²) in [5.41, 5.74) is -1.93. The average Bonchev–Trinajstić information content (AvgIpc) is 3.26. The van der Waals surface area contributed by atoms with Gasteiger partial charge >= 0.3 is 13.4 Å². The van der Waals surface area contributed by atoms with Crippen LogP contribution in [0.4, 0.5) is 4.39 Å². The molecule has 0 bridgehead atoms. The van der Waals surface area contributed by atoms with E-state index in [0.29, 0.717) is 13.1 Å². The molecular weight excluding hydrogens is 552 g/mol. The molecule has 0 aromatic carbocycles. The summed E-state index contributed by atoms with van der Waals surface area (Å²) in [7, 11) is -6.14. The number of aromatic amines is 1. The van der Waals surface area contributed by atoms with Crippen molar-refractivity contribution >= 4 is 16.1 Å². The summed E-state index contributed by atoms with van der Waals surface area (Å²) < 4.78 is 55.0. The molecule has 1 aromatic heterocycles. The fourth-order valence-electron chi connectivity index (χ4n) is 4.26. The van der Waals surface area contributed by atoms with E-state index in [1.165, 1.54) is 0 Å². The van der Waals surface area contributed by atoms with E-state index in [4.69, 9.17) is 23.3 Å². The standard InChI is InChI=1S/C24H43FN3O9PSi/c1-24(2,3)39(4,5)37-19-13-21(28-14-18(25)22(31)26-23(28)32)36-20(19)16-35-38(33,27-10-7-6-8-11-27)34-12-9-17(30)15-29/h14,17,19-21,29-30H,6-13,15-16H2,1-5H3,(H,26,31,32)/t17?,19-,20+,21+,38?/m0/s1. The Balaban J connectivity index is 1.84. The van der Waals surface area contributed by atoms with Crippen molar-refractivity contribution in [1.82, 2.24) is 14.2 Å². The summed E-state index contributed by atoms with van der Waals surface area (Å²) in [4.78, 5) is 25.9. The number of halogens is 1. The number of hydrogen-bond acceptors (Lipinski definition) is 9. The fourth-order valence-corrected chi connectivity index (χ4v) is 7.46. The summed E-state index contributed by atoms with van der Waals surface area (Å²) in [6.45, 7) is 10.7. The normalized spacial score (nSPS) is 25.5. The maximum atomic E-state index is 14.0. The highest BCUT2D eigenvalue weighted by atomic mass is 31.2. The summed E-state index contributed by atoms with van der Waals surface area (Å²) in [5, 5.41) is 18.6. The van der Waals surface area contributed by atoms with Crippen LogP contribution in [0.5, 0.6) is 0 Å². The van der Waals surface area contributed by atoms with Gasteiger partial charge in [0.05, 0.1) is 38.2 Å². The zero-order chi connectivity index (χ0) is 29.0. The minimum atomic E-state index is -3.80. The second kappa shape index (κ2) is 13.2. The molecule has 0 spiro atoms. The molecule has 0 amide bonds. The topological polar surface area (TPSA) is 153 Å². The van der Waals surface area contributed by atoms with Crippen LogP contribution in [0.25, 0.3) is 0 Å². The molecule has 5 atom stereocenters. The van der Waals surface area contributed by atoms with Crippen LogP contribution in [0.1, 0.15) is 59.1 Å². The Morgan fingerprint density at radius 2 is 1.90 bits per heavy atom. The molecule has 3 rings (SSSR count). The number of piperidine rings is 1. The molecule has 224 valence electrons. The number of hydrogen-bond donors (Lipinski definition) is 3. The highest BCUT2D eigenvalue weighted by Crippen LogP contribution is 2.54. The van der Waals surface area contributed by atoms with E-state index in [1.807, 2.05) is 4.98 Å². The lowest BCUT2D eigenvalue weighted by Gasteiger charge is -2.39. The molecule has 3 N–H and O–H groups in total. The number of aliphatic hydroxyl groups is 2. The first-order valence-electron chi connectivity index (χ1n) is 13.4. The van der Waals surface area contributed by atoms with Gasteiger partial charge in [0.15, 0.2) is 8.32 Å². The summed E-state index contributed by atoms with van der Waals surface area (Å²) in [6.07, 6.45) is 0.457. The maximum absolute atomic E-state index is 14.0. The van der Waals surface area contributed by atoms with Crippen molar-refractivity contribution < 1.29 is 37.4 Å². The Bertz CT molecular complexity index is 1120. The van der Waals surface area contributed by atoms with Crippen LogP contribution in [0.3, 0.4) is 0 Å². The number of H-pyrrole nitrogens is 1. The third kappa shape index (κ3) is 8.17. The molecule has 2 saturated heterocycles. The quantitative estimate of drug-likeness (QED) is 0.243. The summed E-state index contributed by atoms with van der Waals surface area (Å²) >= 11 is 0. The van der Waals surface area contributed by atoms with Gasteiger partial charge in [-0.15, -0.1) is 0 Å². The Labute approximate surface area is 229 Å². The average molecular weight is 596 g/mol. The van der Waals surface area contributed by atoms with Crippen molar-refractivity contribution in [1.29, 1.82) is 0 Å². The Morgan fingerprint density at radius 1 is 1.23 bits per heavy atom. The summed E-state index contributed by atoms with van der Waals surface area (Å²) in [5.74, 6) is -1.12. The lowest BCUT2D eigenvalue weighted by Crippen LogP contribution is -2.46. The number of aliphatic hydroxyl groups excluding tert-OH is 2. The van der Waals surface area contributed by atoms with Crippen LogP contribution in [0.2, 0.25) is 18.1 Å². The van der Waals surface area contributed by atoms with E-state index in [1.54, 1.807) is 4.67 Å². The smallest absolute Gasteiger partial charge is 0.408 e. The highest BCUT2D eigenvalue weighted by Gasteiger charge is 2.46. The van der Waals surface area contributed by atoms with E-state index in [9.17, 15) is 23.7 Å². The number of rotatable bonds is 12. The number of aromatic nitrogens is 2. The van der Waals surface area contributed by atoms with Gasteiger partial charge < -0.3 is 19.4 Å². The lowest BCUT2D eigenvalue weighted by molar-refractivity contribution is -0.0444. The van der Waals surface area contributed by atoms with Gasteiger partial charge in [-0.1, -0.05) is 27.2 Å². The first-order chi connectivity index (χ1) is 18.2. The van der Waals surface area contributed by atoms with E-state index in [2.05, 4.69) is 33.9 Å². The Morgan fingerprint density at radius 3 is 2.51 bits per heavy atom. The third-order valence-corrected chi connectivity index (χ3v) is 14.2. The minimum absolute atomic E-state index is 0.0808. The van der Waals surface area contributed by atoms with E-state index >= 15 is 0 Å². The van der Waals surface area contributed by atoms with Crippen molar-refractivity contribution in [3.05, 3.63) is 32.9 Å². The molecule has 3 heterocycles. The largest absolute Gasteiger partial charge is 0.411 e. The minimum Gasteiger partial charge on any atom is -0.411 e. The number of nitrogens with zero attached hydrogens (tertiary/aromatic N) is 2. The van der Waals surface area contributed by atoms with Crippen molar-refractivity contribution in [2.75, 3.05) is 32.9 Å². The monoisotopic (exact) mass is 595 g/mol. The predicted octanol–water partition coefficient (Wildman–Crippen LogP) is 2.72. The van der Waals surface area contributed by atoms with Crippen LogP contribution in [-0.2, 0) is 22.8 Å². The Hall–Kier alpha value is -1.22. The van der Waals surface area contributed by atoms with Crippen molar-refractivity contribution in [3.63, 3.8) is 0 Å². The van der Waals surface area contributed by atoms with Gasteiger partial charge in [-0.3, -0.25) is 23.4 Å². The molecule has 2 aliphatic rings. The van der Waals surface area contributed by atoms with Gasteiger partial charge in [0.2, 0.25) is 5.82 Å². The van der Waals surface area contributed by atoms with Gasteiger partial charge in [0.25, 0.3) is 5.56 Å². The molecule has 12 nitrogen and oxygen atoms in total. The fraction of sp³-hybridized carbons (Fsp3) is 0.833. The molecule has 15 heteroatoms. The summed E-state index contributed by atoms with van der Waals surface area (Å²) in [6, 6.07) is 0. The van der Waals surface area contributed by atoms with Gasteiger partial charge in [-0.25, -0.2) is 14.0 Å². The second-order valence-electron chi connectivity index (χ2n) is 11.7. The van der Waals surface area contributed by atoms with Gasteiger partial charge in [-0.2, -0.15) is 4.39 Å². The molecule has 2 unspecified atom stereocenters. The van der Waals surface area contributed by atoms with Crippen molar-refractivity contribution in [3.8, 4) is 0 Å². The van der Waals surface area contributed by atoms with Gasteiger partial charge in [-0.05, 0) is 37.4 Å². The van der Waals surface area contributed by atoms with Crippen LogP contribution < -0.4 is 11.2 Å². The second-order valence-corrected chi connectivity index (χ2v) is 18.4. The molecule has 0 radical (unpaired) electrons. The highest BCUT2D eigenvalue weighted by molar-refractivity contribution is 7.51. The van der Waals surface area contributed by atoms with Crippen LogP contribution in [0, 0.1) is 5.82 Å². The molecule has 39 heavy (non-hydrogen) atoms. The van der Waals surface area contributed by atoms with Crippen molar-refractivity contribution in [2.45, 2.75) is 95.5 Å². The predicted molar refractivity (Wildman–Crippen MR) is 145 cm³/mol. The molecule has 1 aromatic rings. The third-order valence-electron chi connectivity index (χ3n) is 7.66. The zero-order valence-corrected chi connectivity index (χ0v) is 25.3. The van der Waals surface area contributed by atoms with Crippen LogP contribution in [0.15, 0.2) is 15.8 Å². The van der Waals surface area contributed by atoms with Gasteiger partial charge in [0.1, 0.15) is 12.3 Å². The first-order valence-corrected chi connectivity index (χ1v) is 17.8. The SMILES string of the molecule is CC(C)(C)[Si](C)(C)O[C@H]1C[C@H](n2cc(F)c(=O)[nH]c2=O)O[C@@H]1COP(=O)(OCCC(O)CO)N1CCCCC1. The van der Waals surface area contributed by atoms with Gasteiger partial charge in [0, 0.05) is 19.5 Å². The molecule has 2 fully saturated rings. The Kier molecular flexibility index (Phi) is 10.9. The maximum Gasteiger partial charge on any atom is 0.408 e. The lowest BCUT2D eigenvalue weighted by atomic mass is 10.2. The number of nitrogens with one attached hydrogen (secondary N) is 1. The first kappa shape index (κ1) is 32.3. The molecular formula is C24H43FN3O9PSi. The van der Waals surface area contributed by atoms with Crippen LogP contribution in [-0.4, -0.2) is 84.0 Å². The number of ether oxygens (including phenoxy) is 1. The van der Waals surface area contributed by atoms with Crippen molar-refractivity contribution in [2.24, 2.45) is 0 Å². The van der Waals surface area contributed by atoms with Crippen LogP contribution >= 0.6 is 7.75 Å².